The fourth-order valence-electron chi connectivity index (χ4n) is 9.99. The molecule has 2 unspecified atom stereocenters. The first-order valence-corrected chi connectivity index (χ1v) is 24.4. The molecule has 4 aliphatic rings. The average molecular weight is 908 g/mol. The predicted octanol–water partition coefficient (Wildman–Crippen LogP) is 8.27. The highest BCUT2D eigenvalue weighted by molar-refractivity contribution is 7.86. The van der Waals surface area contributed by atoms with E-state index in [9.17, 15) is 18.5 Å². The van der Waals surface area contributed by atoms with E-state index >= 15 is 0 Å². The lowest BCUT2D eigenvalue weighted by atomic mass is 9.73. The van der Waals surface area contributed by atoms with E-state index in [1.54, 1.807) is 13.0 Å². The molecule has 328 valence electrons. The molecular weight excluding hydrogens is 853 g/mol. The van der Waals surface area contributed by atoms with Crippen LogP contribution in [0.1, 0.15) is 88.1 Å². The summed E-state index contributed by atoms with van der Waals surface area (Å²) in [5.41, 5.74) is 10.7. The maximum Gasteiger partial charge on any atom is 0.376 e. The number of imidazole rings is 1. The van der Waals surface area contributed by atoms with Crippen molar-refractivity contribution in [2.45, 2.75) is 64.6 Å². The van der Waals surface area contributed by atoms with Gasteiger partial charge in [0.15, 0.2) is 0 Å². The van der Waals surface area contributed by atoms with Crippen LogP contribution < -0.4 is 0 Å². The number of aromatic nitrogens is 4. The zero-order valence-corrected chi connectivity index (χ0v) is 38.6. The number of hydrogen-bond donors (Lipinski definition) is 2. The summed E-state index contributed by atoms with van der Waals surface area (Å²) >= 11 is 12.9. The van der Waals surface area contributed by atoms with Crippen molar-refractivity contribution < 1.29 is 22.6 Å². The summed E-state index contributed by atoms with van der Waals surface area (Å²) in [6.45, 7) is 9.81. The van der Waals surface area contributed by atoms with Crippen LogP contribution in [0.4, 0.5) is 0 Å². The lowest BCUT2D eigenvalue weighted by Gasteiger charge is -2.37. The van der Waals surface area contributed by atoms with Gasteiger partial charge >= 0.3 is 14.1 Å². The summed E-state index contributed by atoms with van der Waals surface area (Å²) in [5, 5.41) is 21.3. The summed E-state index contributed by atoms with van der Waals surface area (Å²) in [4.78, 5) is 18.3. The highest BCUT2D eigenvalue weighted by atomic mass is 35.5. The van der Waals surface area contributed by atoms with Crippen molar-refractivity contribution in [3.8, 4) is 0 Å². The first-order chi connectivity index (χ1) is 30.2. The average Bonchev–Trinajstić information content (AvgIpc) is 3.54. The largest absolute Gasteiger partial charge is 0.437 e. The fourth-order valence-corrected chi connectivity index (χ4v) is 10.7. The summed E-state index contributed by atoms with van der Waals surface area (Å²) in [5.74, 6) is 2.04. The van der Waals surface area contributed by atoms with Gasteiger partial charge < -0.3 is 24.2 Å². The van der Waals surface area contributed by atoms with E-state index in [1.807, 2.05) is 80.9 Å². The third kappa shape index (κ3) is 10.4. The van der Waals surface area contributed by atoms with Crippen molar-refractivity contribution in [1.29, 1.82) is 0 Å². The Labute approximate surface area is 382 Å². The van der Waals surface area contributed by atoms with E-state index in [4.69, 9.17) is 37.4 Å². The molecule has 3 aromatic heterocycles. The second-order valence-corrected chi connectivity index (χ2v) is 19.8. The van der Waals surface area contributed by atoms with Crippen molar-refractivity contribution in [2.75, 3.05) is 39.0 Å². The Hall–Kier alpha value is -4.11. The van der Waals surface area contributed by atoms with E-state index in [1.165, 1.54) is 22.3 Å². The minimum atomic E-state index is -3.59. The van der Waals surface area contributed by atoms with Crippen molar-refractivity contribution in [2.24, 2.45) is 11.8 Å². The number of allylic oxidation sites excluding steroid dienone is 1. The topological polar surface area (TPSA) is 134 Å². The highest BCUT2D eigenvalue weighted by Crippen LogP contribution is 2.47. The molecule has 2 aliphatic carbocycles. The third-order valence-electron chi connectivity index (χ3n) is 13.2. The summed E-state index contributed by atoms with van der Waals surface area (Å²) in [6.07, 6.45) is 16.8. The molecule has 0 amide bonds. The Balaban J connectivity index is 0.000000173. The normalized spacial score (nSPS) is 19.5. The van der Waals surface area contributed by atoms with Gasteiger partial charge in [0.05, 0.1) is 24.3 Å². The molecule has 2 atom stereocenters. The van der Waals surface area contributed by atoms with Gasteiger partial charge in [-0.15, -0.1) is 0 Å². The van der Waals surface area contributed by atoms with Gasteiger partial charge in [-0.1, -0.05) is 47.5 Å². The molecule has 2 saturated heterocycles. The molecule has 2 aromatic carbocycles. The molecule has 5 heterocycles. The van der Waals surface area contributed by atoms with Crippen molar-refractivity contribution in [3.63, 3.8) is 0 Å². The Morgan fingerprint density at radius 3 is 1.63 bits per heavy atom. The van der Waals surface area contributed by atoms with Crippen molar-refractivity contribution >= 4 is 70.7 Å². The van der Waals surface area contributed by atoms with Crippen LogP contribution in [0, 0.1) is 18.8 Å². The zero-order valence-electron chi connectivity index (χ0n) is 36.2. The SMILES string of the molecule is CB(O)N1CCC(C2c3ccc(Cl)cc3C(COS(C)(=O)=O)=Cc3cccnc32)CC1.CB(O)N1CCC(C2c3ccc(Cl)cc3C(Cn3ccnc3C)=Cc3cccnc32)CC1. The van der Waals surface area contributed by atoms with Crippen molar-refractivity contribution in [1.82, 2.24) is 29.1 Å². The van der Waals surface area contributed by atoms with E-state index in [2.05, 4.69) is 43.4 Å². The first kappa shape index (κ1) is 45.5. The summed E-state index contributed by atoms with van der Waals surface area (Å²) in [6, 6.07) is 20.2. The van der Waals surface area contributed by atoms with Gasteiger partial charge in [-0.2, -0.15) is 8.42 Å². The number of aryl methyl sites for hydroxylation is 1. The monoisotopic (exact) mass is 906 g/mol. The molecule has 0 spiro atoms. The molecule has 11 nitrogen and oxygen atoms in total. The van der Waals surface area contributed by atoms with Crippen LogP contribution in [0.25, 0.3) is 23.3 Å². The molecule has 16 heteroatoms. The third-order valence-corrected chi connectivity index (χ3v) is 14.2. The minimum absolute atomic E-state index is 0.0478. The molecule has 2 N–H and O–H groups in total. The molecule has 2 aliphatic heterocycles. The first-order valence-electron chi connectivity index (χ1n) is 21.8. The van der Waals surface area contributed by atoms with Crippen LogP contribution in [0.3, 0.4) is 0 Å². The maximum atomic E-state index is 11.7. The molecule has 9 rings (SSSR count). The van der Waals surface area contributed by atoms with E-state index in [-0.39, 0.29) is 18.4 Å². The second kappa shape index (κ2) is 19.6. The van der Waals surface area contributed by atoms with Gasteiger partial charge in [0.2, 0.25) is 0 Å². The van der Waals surface area contributed by atoms with Gasteiger partial charge in [0.25, 0.3) is 10.1 Å². The fraction of sp³-hybridized carbons (Fsp3) is 0.383. The Morgan fingerprint density at radius 2 is 1.19 bits per heavy atom. The molecule has 63 heavy (non-hydrogen) atoms. The lowest BCUT2D eigenvalue weighted by molar-refractivity contribution is 0.235. The molecule has 0 radical (unpaired) electrons. The molecular formula is C47H54B2Cl2N6O5S. The quantitative estimate of drug-likeness (QED) is 0.110. The number of benzene rings is 2. The Kier molecular flexibility index (Phi) is 14.1. The summed E-state index contributed by atoms with van der Waals surface area (Å²) < 4.78 is 30.7. The summed E-state index contributed by atoms with van der Waals surface area (Å²) in [7, 11) is -4.44. The van der Waals surface area contributed by atoms with E-state index < -0.39 is 24.2 Å². The Morgan fingerprint density at radius 1 is 0.714 bits per heavy atom. The second-order valence-electron chi connectivity index (χ2n) is 17.3. The molecule has 2 fully saturated rings. The van der Waals surface area contributed by atoms with E-state index in [0.717, 1.165) is 109 Å². The van der Waals surface area contributed by atoms with E-state index in [0.29, 0.717) is 16.9 Å². The molecule has 5 aromatic rings. The smallest absolute Gasteiger partial charge is 0.376 e. The Bertz CT molecular complexity index is 2610. The standard InChI is InChI=1S/C25H28BClN4O.C22H26BClN2O4S/c1-17-28-10-13-30(17)16-20-14-19-4-3-9-29-25(19)24(22-6-5-21(27)15-23(20)22)18-7-11-31(12-8-18)26(2)32;1-23(27)26-10-7-15(8-11-26)21-19-6-5-18(24)13-20(19)17(14-30-31(2,28)29)12-16-4-3-9-25-22(16)21/h3-6,9-10,13-15,18,24,32H,7-8,11-12,16H2,1-2H3;3-6,9,12-13,15,21,27H,7-8,10-11,14H2,1-2H3. The van der Waals surface area contributed by atoms with Crippen LogP contribution in [-0.4, -0.2) is 101 Å². The van der Waals surface area contributed by atoms with Crippen LogP contribution in [0.15, 0.2) is 85.5 Å². The zero-order chi connectivity index (χ0) is 44.4. The lowest BCUT2D eigenvalue weighted by Crippen LogP contribution is -2.44. The number of halogens is 2. The highest BCUT2D eigenvalue weighted by Gasteiger charge is 2.37. The minimum Gasteiger partial charge on any atom is -0.437 e. The number of pyridine rings is 2. The number of rotatable bonds is 9. The van der Waals surface area contributed by atoms with Crippen LogP contribution in [0.2, 0.25) is 23.7 Å². The van der Waals surface area contributed by atoms with Gasteiger partial charge in [0.1, 0.15) is 5.82 Å². The number of fused-ring (bicyclic) bond motifs is 4. The van der Waals surface area contributed by atoms with Gasteiger partial charge in [-0.3, -0.25) is 14.2 Å². The van der Waals surface area contributed by atoms with Gasteiger partial charge in [0, 0.05) is 53.2 Å². The van der Waals surface area contributed by atoms with Gasteiger partial charge in [-0.25, -0.2) is 4.98 Å². The molecule has 0 saturated carbocycles. The number of hydrogen-bond acceptors (Lipinski definition) is 10. The van der Waals surface area contributed by atoms with Crippen LogP contribution in [-0.2, 0) is 20.8 Å². The number of piperidine rings is 2. The van der Waals surface area contributed by atoms with Crippen LogP contribution >= 0.6 is 23.2 Å². The van der Waals surface area contributed by atoms with Gasteiger partial charge in [-0.05, 0) is 177 Å². The number of nitrogens with zero attached hydrogens (tertiary/aromatic N) is 6. The molecule has 0 bridgehead atoms. The van der Waals surface area contributed by atoms with Crippen molar-refractivity contribution in [3.05, 3.63) is 146 Å². The predicted molar refractivity (Wildman–Crippen MR) is 255 cm³/mol. The maximum absolute atomic E-state index is 11.7. The van der Waals surface area contributed by atoms with Crippen LogP contribution in [0.5, 0.6) is 0 Å².